The Kier molecular flexibility index (Phi) is 2.82. The predicted octanol–water partition coefficient (Wildman–Crippen LogP) is 4.36. The van der Waals surface area contributed by atoms with Crippen molar-refractivity contribution in [3.63, 3.8) is 0 Å². The molecule has 102 valence electrons. The van der Waals surface area contributed by atoms with Crippen LogP contribution in [-0.2, 0) is 12.2 Å². The molecule has 0 aliphatic carbocycles. The highest BCUT2D eigenvalue weighted by Crippen LogP contribution is 2.36. The molecule has 20 heavy (non-hydrogen) atoms. The summed E-state index contributed by atoms with van der Waals surface area (Å²) in [6.07, 6.45) is 1.09. The van der Waals surface area contributed by atoms with E-state index in [1.807, 2.05) is 11.8 Å². The van der Waals surface area contributed by atoms with Crippen LogP contribution in [-0.4, -0.2) is 15.7 Å². The summed E-state index contributed by atoms with van der Waals surface area (Å²) in [5, 5.41) is 0. The fraction of sp³-hybridized carbons (Fsp3) is 0.214. The lowest BCUT2D eigenvalue weighted by atomic mass is 10.2. The molecule has 1 aliphatic heterocycles. The third kappa shape index (κ3) is 1.94. The van der Waals surface area contributed by atoms with Gasteiger partial charge in [-0.1, -0.05) is 0 Å². The van der Waals surface area contributed by atoms with Gasteiger partial charge in [-0.2, -0.15) is 11.8 Å². The van der Waals surface area contributed by atoms with Crippen LogP contribution in [0, 0.1) is 11.6 Å². The average molecular weight is 308 g/mol. The molecule has 4 rings (SSSR count). The van der Waals surface area contributed by atoms with Crippen molar-refractivity contribution < 1.29 is 8.78 Å². The minimum Gasteiger partial charge on any atom is -0.337 e. The van der Waals surface area contributed by atoms with Crippen LogP contribution in [0.2, 0.25) is 0 Å². The highest BCUT2D eigenvalue weighted by Gasteiger charge is 2.17. The van der Waals surface area contributed by atoms with E-state index in [9.17, 15) is 8.78 Å². The number of aryl methyl sites for hydroxylation is 1. The molecule has 3 heterocycles. The van der Waals surface area contributed by atoms with E-state index in [1.165, 1.54) is 10.4 Å². The summed E-state index contributed by atoms with van der Waals surface area (Å²) in [4.78, 5) is 9.88. The smallest absolute Gasteiger partial charge is 0.161 e. The number of thioether (sulfide) groups is 1. The number of aromatic nitrogens is 2. The molecule has 0 saturated heterocycles. The molecule has 0 radical (unpaired) electrons. The summed E-state index contributed by atoms with van der Waals surface area (Å²) >= 11 is 3.65. The van der Waals surface area contributed by atoms with Crippen LogP contribution < -0.4 is 0 Å². The highest BCUT2D eigenvalue weighted by molar-refractivity contribution is 7.98. The molecule has 3 aromatic rings. The van der Waals surface area contributed by atoms with Crippen molar-refractivity contribution in [3.8, 4) is 10.7 Å². The van der Waals surface area contributed by atoms with Crippen LogP contribution in [0.3, 0.4) is 0 Å². The van der Waals surface area contributed by atoms with E-state index in [-0.39, 0.29) is 0 Å². The van der Waals surface area contributed by atoms with Crippen molar-refractivity contribution in [3.05, 3.63) is 40.3 Å². The first-order valence-corrected chi connectivity index (χ1v) is 8.22. The lowest BCUT2D eigenvalue weighted by molar-refractivity contribution is 0.510. The minimum absolute atomic E-state index is 0.458. The van der Waals surface area contributed by atoms with E-state index >= 15 is 0 Å². The van der Waals surface area contributed by atoms with E-state index in [0.29, 0.717) is 16.9 Å². The quantitative estimate of drug-likeness (QED) is 0.723. The number of rotatable bonds is 1. The Morgan fingerprint density at radius 3 is 2.85 bits per heavy atom. The Hall–Kier alpha value is -1.40. The number of hydrogen-bond acceptors (Lipinski definition) is 3. The SMILES string of the molecule is Fc1cc2nc(-c3cc4c(s3)CCSC4)[nH]c2cc1F. The van der Waals surface area contributed by atoms with Crippen molar-refractivity contribution in [2.24, 2.45) is 0 Å². The molecule has 0 atom stereocenters. The maximum atomic E-state index is 13.2. The third-order valence-electron chi connectivity index (χ3n) is 3.38. The molecule has 0 saturated carbocycles. The summed E-state index contributed by atoms with van der Waals surface area (Å²) in [7, 11) is 0. The molecule has 6 heteroatoms. The van der Waals surface area contributed by atoms with Gasteiger partial charge in [0.25, 0.3) is 0 Å². The zero-order chi connectivity index (χ0) is 13.7. The molecule has 0 amide bonds. The lowest BCUT2D eigenvalue weighted by Crippen LogP contribution is -1.96. The molecule has 0 fully saturated rings. The molecule has 0 unspecified atom stereocenters. The largest absolute Gasteiger partial charge is 0.337 e. The van der Waals surface area contributed by atoms with E-state index in [2.05, 4.69) is 16.0 Å². The molecule has 2 aromatic heterocycles. The first-order valence-electron chi connectivity index (χ1n) is 6.25. The second-order valence-electron chi connectivity index (χ2n) is 4.73. The predicted molar refractivity (Wildman–Crippen MR) is 79.2 cm³/mol. The summed E-state index contributed by atoms with van der Waals surface area (Å²) in [5.41, 5.74) is 2.35. The van der Waals surface area contributed by atoms with Crippen molar-refractivity contribution in [1.82, 2.24) is 9.97 Å². The number of thiophene rings is 1. The number of halogens is 2. The van der Waals surface area contributed by atoms with Crippen LogP contribution in [0.1, 0.15) is 10.4 Å². The van der Waals surface area contributed by atoms with Gasteiger partial charge in [-0.15, -0.1) is 11.3 Å². The van der Waals surface area contributed by atoms with E-state index in [0.717, 1.165) is 34.9 Å². The van der Waals surface area contributed by atoms with Crippen LogP contribution >= 0.6 is 23.1 Å². The topological polar surface area (TPSA) is 28.7 Å². The summed E-state index contributed by atoms with van der Waals surface area (Å²) in [5.74, 6) is 1.17. The molecule has 1 N–H and O–H groups in total. The van der Waals surface area contributed by atoms with Gasteiger partial charge in [0.1, 0.15) is 5.82 Å². The van der Waals surface area contributed by atoms with Gasteiger partial charge in [-0.05, 0) is 23.8 Å². The lowest BCUT2D eigenvalue weighted by Gasteiger charge is -2.08. The average Bonchev–Trinajstić information content (AvgIpc) is 3.02. The summed E-state index contributed by atoms with van der Waals surface area (Å²) < 4.78 is 26.4. The molecular formula is C14H10F2N2S2. The summed E-state index contributed by atoms with van der Waals surface area (Å²) in [6.45, 7) is 0. The molecule has 1 aliphatic rings. The zero-order valence-electron chi connectivity index (χ0n) is 10.4. The Labute approximate surface area is 122 Å². The molecule has 0 bridgehead atoms. The maximum Gasteiger partial charge on any atom is 0.161 e. The monoisotopic (exact) mass is 308 g/mol. The number of nitrogens with one attached hydrogen (secondary N) is 1. The Morgan fingerprint density at radius 1 is 1.15 bits per heavy atom. The van der Waals surface area contributed by atoms with Gasteiger partial charge in [0, 0.05) is 22.8 Å². The molecule has 2 nitrogen and oxygen atoms in total. The van der Waals surface area contributed by atoms with Crippen molar-refractivity contribution >= 4 is 34.1 Å². The van der Waals surface area contributed by atoms with Gasteiger partial charge in [-0.3, -0.25) is 0 Å². The fourth-order valence-corrected chi connectivity index (χ4v) is 4.70. The standard InChI is InChI=1S/C14H10F2N2S2/c15-8-4-10-11(5-9(8)16)18-14(17-10)13-3-7-6-19-2-1-12(7)20-13/h3-5H,1-2,6H2,(H,17,18). The van der Waals surface area contributed by atoms with Crippen molar-refractivity contribution in [2.45, 2.75) is 12.2 Å². The van der Waals surface area contributed by atoms with E-state index in [4.69, 9.17) is 0 Å². The van der Waals surface area contributed by atoms with Crippen molar-refractivity contribution in [1.29, 1.82) is 0 Å². The number of benzene rings is 1. The maximum absolute atomic E-state index is 13.2. The Morgan fingerprint density at radius 2 is 2.00 bits per heavy atom. The molecule has 0 spiro atoms. The molecular weight excluding hydrogens is 298 g/mol. The normalized spacial score (nSPS) is 14.7. The van der Waals surface area contributed by atoms with Gasteiger partial charge in [-0.25, -0.2) is 13.8 Å². The van der Waals surface area contributed by atoms with Gasteiger partial charge in [0.2, 0.25) is 0 Å². The number of nitrogens with zero attached hydrogens (tertiary/aromatic N) is 1. The van der Waals surface area contributed by atoms with E-state index in [1.54, 1.807) is 11.3 Å². The van der Waals surface area contributed by atoms with E-state index < -0.39 is 11.6 Å². The highest BCUT2D eigenvalue weighted by atomic mass is 32.2. The number of hydrogen-bond donors (Lipinski definition) is 1. The Balaban J connectivity index is 1.83. The van der Waals surface area contributed by atoms with Crippen LogP contribution in [0.5, 0.6) is 0 Å². The fourth-order valence-electron chi connectivity index (χ4n) is 2.39. The van der Waals surface area contributed by atoms with Gasteiger partial charge >= 0.3 is 0 Å². The number of H-pyrrole nitrogens is 1. The number of aromatic amines is 1. The van der Waals surface area contributed by atoms with Gasteiger partial charge < -0.3 is 4.98 Å². The third-order valence-corrected chi connectivity index (χ3v) is 5.64. The van der Waals surface area contributed by atoms with Crippen LogP contribution in [0.4, 0.5) is 8.78 Å². The summed E-state index contributed by atoms with van der Waals surface area (Å²) in [6, 6.07) is 4.43. The minimum atomic E-state index is -0.863. The second kappa shape index (κ2) is 4.56. The van der Waals surface area contributed by atoms with Crippen LogP contribution in [0.25, 0.3) is 21.7 Å². The zero-order valence-corrected chi connectivity index (χ0v) is 12.0. The van der Waals surface area contributed by atoms with Gasteiger partial charge in [0.15, 0.2) is 11.6 Å². The second-order valence-corrected chi connectivity index (χ2v) is 6.97. The first-order chi connectivity index (χ1) is 9.70. The number of fused-ring (bicyclic) bond motifs is 2. The van der Waals surface area contributed by atoms with Crippen LogP contribution in [0.15, 0.2) is 18.2 Å². The Bertz CT molecular complexity index is 744. The number of imidazole rings is 1. The molecule has 1 aromatic carbocycles. The van der Waals surface area contributed by atoms with Gasteiger partial charge in [0.05, 0.1) is 15.9 Å². The van der Waals surface area contributed by atoms with Crippen molar-refractivity contribution in [2.75, 3.05) is 5.75 Å². The first kappa shape index (κ1) is 12.3.